The fraction of sp³-hybridized carbons (Fsp3) is 0.364. The van der Waals surface area contributed by atoms with Gasteiger partial charge >= 0.3 is 6.09 Å². The second-order valence-electron chi connectivity index (χ2n) is 7.55. The smallest absolute Gasteiger partial charge is 0.409 e. The summed E-state index contributed by atoms with van der Waals surface area (Å²) < 4.78 is 33.6. The van der Waals surface area contributed by atoms with Crippen LogP contribution in [-0.4, -0.2) is 63.0 Å². The summed E-state index contributed by atoms with van der Waals surface area (Å²) in [6.45, 7) is 7.02. The molecular weight excluding hydrogens is 454 g/mol. The average molecular weight is 480 g/mol. The van der Waals surface area contributed by atoms with Crippen LogP contribution >= 0.6 is 11.6 Å². The zero-order valence-electron chi connectivity index (χ0n) is 18.2. The van der Waals surface area contributed by atoms with Crippen molar-refractivity contribution < 1.29 is 22.7 Å². The van der Waals surface area contributed by atoms with Crippen LogP contribution in [0, 0.1) is 13.8 Å². The molecule has 10 heteroatoms. The first-order valence-corrected chi connectivity index (χ1v) is 12.1. The molecule has 172 valence electrons. The van der Waals surface area contributed by atoms with Crippen LogP contribution in [0.25, 0.3) is 0 Å². The highest BCUT2D eigenvalue weighted by atomic mass is 35.5. The lowest BCUT2D eigenvalue weighted by atomic mass is 10.1. The molecule has 1 aliphatic heterocycles. The van der Waals surface area contributed by atoms with E-state index in [1.54, 1.807) is 29.7 Å². The Bertz CT molecular complexity index is 1130. The van der Waals surface area contributed by atoms with E-state index in [9.17, 15) is 18.0 Å². The third-order valence-electron chi connectivity index (χ3n) is 5.20. The van der Waals surface area contributed by atoms with Crippen LogP contribution in [0.3, 0.4) is 0 Å². The van der Waals surface area contributed by atoms with Crippen LogP contribution in [0.5, 0.6) is 0 Å². The maximum Gasteiger partial charge on any atom is 0.409 e. The van der Waals surface area contributed by atoms with E-state index in [-0.39, 0.29) is 28.0 Å². The Balaban J connectivity index is 1.79. The zero-order chi connectivity index (χ0) is 23.5. The van der Waals surface area contributed by atoms with Crippen molar-refractivity contribution in [2.75, 3.05) is 37.5 Å². The number of rotatable bonds is 5. The van der Waals surface area contributed by atoms with Gasteiger partial charge in [0.2, 0.25) is 0 Å². The number of ether oxygens (including phenoxy) is 1. The van der Waals surface area contributed by atoms with Gasteiger partial charge in [0.1, 0.15) is 4.90 Å². The van der Waals surface area contributed by atoms with E-state index in [1.165, 1.54) is 18.2 Å². The van der Waals surface area contributed by atoms with Crippen LogP contribution in [0.4, 0.5) is 10.5 Å². The molecule has 0 unspecified atom stereocenters. The minimum atomic E-state index is -4.02. The number of benzene rings is 2. The number of piperazine rings is 1. The number of amides is 2. The van der Waals surface area contributed by atoms with E-state index in [0.717, 1.165) is 11.1 Å². The maximum absolute atomic E-state index is 13.0. The summed E-state index contributed by atoms with van der Waals surface area (Å²) >= 11 is 6.19. The molecule has 0 spiro atoms. The maximum atomic E-state index is 13.0. The predicted octanol–water partition coefficient (Wildman–Crippen LogP) is 3.67. The van der Waals surface area contributed by atoms with Crippen molar-refractivity contribution in [2.24, 2.45) is 0 Å². The average Bonchev–Trinajstić information content (AvgIpc) is 2.76. The van der Waals surface area contributed by atoms with Gasteiger partial charge in [-0.2, -0.15) is 0 Å². The van der Waals surface area contributed by atoms with E-state index in [1.807, 2.05) is 19.1 Å². The largest absolute Gasteiger partial charge is 0.450 e. The van der Waals surface area contributed by atoms with Crippen molar-refractivity contribution in [2.45, 2.75) is 25.7 Å². The van der Waals surface area contributed by atoms with Gasteiger partial charge in [-0.3, -0.25) is 9.52 Å². The molecule has 3 rings (SSSR count). The fourth-order valence-corrected chi connectivity index (χ4v) is 5.03. The summed E-state index contributed by atoms with van der Waals surface area (Å²) in [5, 5.41) is 0.0199. The number of nitrogens with zero attached hydrogens (tertiary/aromatic N) is 2. The van der Waals surface area contributed by atoms with Crippen molar-refractivity contribution in [3.63, 3.8) is 0 Å². The lowest BCUT2D eigenvalue weighted by Crippen LogP contribution is -2.50. The van der Waals surface area contributed by atoms with Crippen LogP contribution in [-0.2, 0) is 14.8 Å². The van der Waals surface area contributed by atoms with Gasteiger partial charge in [0.25, 0.3) is 15.9 Å². The monoisotopic (exact) mass is 479 g/mol. The second-order valence-corrected chi connectivity index (χ2v) is 9.61. The molecule has 1 saturated heterocycles. The molecule has 8 nitrogen and oxygen atoms in total. The lowest BCUT2D eigenvalue weighted by Gasteiger charge is -2.34. The molecule has 1 heterocycles. The molecule has 32 heavy (non-hydrogen) atoms. The summed E-state index contributed by atoms with van der Waals surface area (Å²) in [6.07, 6.45) is -0.406. The van der Waals surface area contributed by atoms with Gasteiger partial charge in [0, 0.05) is 31.7 Å². The van der Waals surface area contributed by atoms with Crippen LogP contribution in [0.1, 0.15) is 28.4 Å². The summed E-state index contributed by atoms with van der Waals surface area (Å²) in [5.74, 6) is -0.326. The minimum absolute atomic E-state index is 0.0199. The molecular formula is C22H26ClN3O5S. The summed E-state index contributed by atoms with van der Waals surface area (Å²) in [6, 6.07) is 9.64. The van der Waals surface area contributed by atoms with Gasteiger partial charge in [-0.1, -0.05) is 23.7 Å². The van der Waals surface area contributed by atoms with Crippen LogP contribution in [0.2, 0.25) is 5.02 Å². The third kappa shape index (κ3) is 5.34. The van der Waals surface area contributed by atoms with E-state index < -0.39 is 16.1 Å². The molecule has 1 aliphatic rings. The molecule has 1 N–H and O–H groups in total. The first-order chi connectivity index (χ1) is 15.1. The number of halogens is 1. The number of carbonyl (C=O) groups excluding carboxylic acids is 2. The highest BCUT2D eigenvalue weighted by Gasteiger charge is 2.27. The van der Waals surface area contributed by atoms with E-state index in [4.69, 9.17) is 16.3 Å². The Kier molecular flexibility index (Phi) is 7.30. The Morgan fingerprint density at radius 2 is 1.69 bits per heavy atom. The van der Waals surface area contributed by atoms with Crippen molar-refractivity contribution in [1.82, 2.24) is 9.80 Å². The van der Waals surface area contributed by atoms with Crippen LogP contribution < -0.4 is 4.72 Å². The summed E-state index contributed by atoms with van der Waals surface area (Å²) in [4.78, 5) is 27.8. The van der Waals surface area contributed by atoms with Gasteiger partial charge < -0.3 is 14.5 Å². The Morgan fingerprint density at radius 3 is 2.34 bits per heavy atom. The van der Waals surface area contributed by atoms with Crippen molar-refractivity contribution in [3.8, 4) is 0 Å². The van der Waals surface area contributed by atoms with E-state index >= 15 is 0 Å². The number of anilines is 1. The molecule has 0 aliphatic carbocycles. The van der Waals surface area contributed by atoms with Gasteiger partial charge in [0.05, 0.1) is 17.3 Å². The molecule has 0 bridgehead atoms. The summed E-state index contributed by atoms with van der Waals surface area (Å²) in [5.41, 5.74) is 2.33. The SMILES string of the molecule is CCOC(=O)N1CCN(C(=O)c2ccc(Cl)c(S(=O)(=O)Nc3cc(C)ccc3C)c2)CC1. The molecule has 1 fully saturated rings. The van der Waals surface area contributed by atoms with Gasteiger partial charge in [-0.25, -0.2) is 13.2 Å². The van der Waals surface area contributed by atoms with Gasteiger partial charge in [-0.15, -0.1) is 0 Å². The minimum Gasteiger partial charge on any atom is -0.450 e. The first-order valence-electron chi connectivity index (χ1n) is 10.2. The second kappa shape index (κ2) is 9.79. The van der Waals surface area contributed by atoms with Gasteiger partial charge in [-0.05, 0) is 56.2 Å². The number of aryl methyl sites for hydroxylation is 2. The lowest BCUT2D eigenvalue weighted by molar-refractivity contribution is 0.0570. The van der Waals surface area contributed by atoms with Crippen molar-refractivity contribution in [3.05, 3.63) is 58.1 Å². The molecule has 2 aromatic carbocycles. The third-order valence-corrected chi connectivity index (χ3v) is 7.05. The quantitative estimate of drug-likeness (QED) is 0.705. The van der Waals surface area contributed by atoms with Gasteiger partial charge in [0.15, 0.2) is 0 Å². The van der Waals surface area contributed by atoms with Crippen molar-refractivity contribution >= 4 is 39.3 Å². The molecule has 0 atom stereocenters. The molecule has 2 aromatic rings. The Labute approximate surface area is 193 Å². The Hall–Kier alpha value is -2.78. The molecule has 0 saturated carbocycles. The number of hydrogen-bond acceptors (Lipinski definition) is 5. The Morgan fingerprint density at radius 1 is 1.03 bits per heavy atom. The van der Waals surface area contributed by atoms with Crippen molar-refractivity contribution in [1.29, 1.82) is 0 Å². The fourth-order valence-electron chi connectivity index (χ4n) is 3.38. The first kappa shape index (κ1) is 23.9. The predicted molar refractivity (Wildman–Crippen MR) is 123 cm³/mol. The normalized spacial score (nSPS) is 14.2. The summed E-state index contributed by atoms with van der Waals surface area (Å²) in [7, 11) is -4.02. The van der Waals surface area contributed by atoms with E-state index in [2.05, 4.69) is 4.72 Å². The number of nitrogens with one attached hydrogen (secondary N) is 1. The zero-order valence-corrected chi connectivity index (χ0v) is 19.8. The number of carbonyl (C=O) groups is 2. The van der Waals surface area contributed by atoms with E-state index in [0.29, 0.717) is 31.9 Å². The topological polar surface area (TPSA) is 96.0 Å². The number of hydrogen-bond donors (Lipinski definition) is 1. The number of sulfonamides is 1. The van der Waals surface area contributed by atoms with Crippen LogP contribution in [0.15, 0.2) is 41.3 Å². The standard InChI is InChI=1S/C22H26ClN3O5S/c1-4-31-22(28)26-11-9-25(10-12-26)21(27)17-7-8-18(23)20(14-17)32(29,30)24-19-13-15(2)5-6-16(19)3/h5-8,13-14,24H,4,9-12H2,1-3H3. The molecule has 0 radical (unpaired) electrons. The molecule has 0 aromatic heterocycles. The molecule has 2 amide bonds. The highest BCUT2D eigenvalue weighted by molar-refractivity contribution is 7.92. The highest BCUT2D eigenvalue weighted by Crippen LogP contribution is 2.27.